The molecule has 0 aliphatic heterocycles. The Morgan fingerprint density at radius 3 is 2.53 bits per heavy atom. The summed E-state index contributed by atoms with van der Waals surface area (Å²) in [6.45, 7) is 1.63. The molecule has 19 heavy (non-hydrogen) atoms. The van der Waals surface area contributed by atoms with Gasteiger partial charge in [-0.1, -0.05) is 22.0 Å². The van der Waals surface area contributed by atoms with E-state index in [1.54, 1.807) is 25.1 Å². The highest BCUT2D eigenvalue weighted by Gasteiger charge is 2.10. The Labute approximate surface area is 117 Å². The Bertz CT molecular complexity index is 600. The molecule has 1 atom stereocenters. The highest BCUT2D eigenvalue weighted by atomic mass is 79.9. The second-order valence-electron chi connectivity index (χ2n) is 4.04. The van der Waals surface area contributed by atoms with Crippen molar-refractivity contribution in [1.29, 1.82) is 0 Å². The van der Waals surface area contributed by atoms with Crippen LogP contribution in [0.25, 0.3) is 0 Å². The molecule has 2 aromatic carbocycles. The molecule has 5 heteroatoms. The average molecular weight is 329 g/mol. The van der Waals surface area contributed by atoms with E-state index < -0.39 is 17.7 Å². The monoisotopic (exact) mass is 328 g/mol. The third-order valence-corrected chi connectivity index (χ3v) is 3.23. The Kier molecular flexibility index (Phi) is 4.17. The molecule has 2 aromatic rings. The van der Waals surface area contributed by atoms with Crippen molar-refractivity contribution in [2.24, 2.45) is 0 Å². The maximum absolute atomic E-state index is 13.4. The van der Waals surface area contributed by atoms with Crippen LogP contribution >= 0.6 is 15.9 Å². The minimum Gasteiger partial charge on any atom is -0.454 e. The molecule has 0 amide bonds. The molecular weight excluding hydrogens is 318 g/mol. The fourth-order valence-electron chi connectivity index (χ4n) is 1.59. The number of aliphatic hydroxyl groups excluding tert-OH is 1. The SMILES string of the molecule is C[C@H](O)c1ccc(Oc2cc(F)ccc2F)cc1Br. The summed E-state index contributed by atoms with van der Waals surface area (Å²) in [5.41, 5.74) is 0.687. The number of ether oxygens (including phenoxy) is 1. The molecule has 0 heterocycles. The van der Waals surface area contributed by atoms with Crippen LogP contribution in [0.2, 0.25) is 0 Å². The first-order chi connectivity index (χ1) is 8.97. The van der Waals surface area contributed by atoms with E-state index in [0.717, 1.165) is 18.2 Å². The van der Waals surface area contributed by atoms with Crippen LogP contribution < -0.4 is 4.74 Å². The van der Waals surface area contributed by atoms with E-state index >= 15 is 0 Å². The normalized spacial score (nSPS) is 12.3. The van der Waals surface area contributed by atoms with Gasteiger partial charge in [0.25, 0.3) is 0 Å². The quantitative estimate of drug-likeness (QED) is 0.894. The molecule has 0 aromatic heterocycles. The maximum Gasteiger partial charge on any atom is 0.165 e. The molecule has 100 valence electrons. The number of hydrogen-bond donors (Lipinski definition) is 1. The summed E-state index contributed by atoms with van der Waals surface area (Å²) in [5, 5.41) is 9.49. The van der Waals surface area contributed by atoms with Gasteiger partial charge in [0.2, 0.25) is 0 Å². The topological polar surface area (TPSA) is 29.5 Å². The predicted molar refractivity (Wildman–Crippen MR) is 71.2 cm³/mol. The Hall–Kier alpha value is -1.46. The zero-order valence-corrected chi connectivity index (χ0v) is 11.6. The van der Waals surface area contributed by atoms with Crippen LogP contribution in [-0.2, 0) is 0 Å². The standard InChI is InChI=1S/C14H11BrF2O2/c1-8(18)11-4-3-10(7-12(11)15)19-14-6-9(16)2-5-13(14)17/h2-8,18H,1H3/t8-/m0/s1. The molecule has 0 saturated carbocycles. The zero-order valence-electron chi connectivity index (χ0n) is 10.0. The average Bonchev–Trinajstić information content (AvgIpc) is 2.33. The van der Waals surface area contributed by atoms with Gasteiger partial charge in [-0.3, -0.25) is 0 Å². The van der Waals surface area contributed by atoms with E-state index in [1.165, 1.54) is 0 Å². The summed E-state index contributed by atoms with van der Waals surface area (Å²) in [6, 6.07) is 7.83. The van der Waals surface area contributed by atoms with Gasteiger partial charge in [0, 0.05) is 10.5 Å². The number of benzene rings is 2. The van der Waals surface area contributed by atoms with Crippen molar-refractivity contribution < 1.29 is 18.6 Å². The van der Waals surface area contributed by atoms with Gasteiger partial charge in [-0.05, 0) is 36.8 Å². The lowest BCUT2D eigenvalue weighted by atomic mass is 10.1. The minimum atomic E-state index is -0.642. The molecule has 2 rings (SSSR count). The van der Waals surface area contributed by atoms with Crippen molar-refractivity contribution in [3.63, 3.8) is 0 Å². The molecule has 1 N–H and O–H groups in total. The summed E-state index contributed by atoms with van der Waals surface area (Å²) < 4.78 is 32.3. The summed E-state index contributed by atoms with van der Waals surface area (Å²) in [7, 11) is 0. The van der Waals surface area contributed by atoms with Crippen molar-refractivity contribution in [3.05, 3.63) is 58.1 Å². The summed E-state index contributed by atoms with van der Waals surface area (Å²) in [4.78, 5) is 0. The van der Waals surface area contributed by atoms with Gasteiger partial charge in [0.05, 0.1) is 6.10 Å². The summed E-state index contributed by atoms with van der Waals surface area (Å²) in [5.74, 6) is -1.05. The largest absolute Gasteiger partial charge is 0.454 e. The van der Waals surface area contributed by atoms with Crippen molar-refractivity contribution in [1.82, 2.24) is 0 Å². The molecule has 0 unspecified atom stereocenters. The van der Waals surface area contributed by atoms with Crippen LogP contribution in [0.15, 0.2) is 40.9 Å². The molecule has 0 fully saturated rings. The second-order valence-corrected chi connectivity index (χ2v) is 4.89. The van der Waals surface area contributed by atoms with Gasteiger partial charge in [-0.25, -0.2) is 8.78 Å². The highest BCUT2D eigenvalue weighted by molar-refractivity contribution is 9.10. The lowest BCUT2D eigenvalue weighted by Crippen LogP contribution is -1.94. The van der Waals surface area contributed by atoms with Crippen LogP contribution in [0.4, 0.5) is 8.78 Å². The lowest BCUT2D eigenvalue weighted by Gasteiger charge is -2.11. The van der Waals surface area contributed by atoms with E-state index in [2.05, 4.69) is 15.9 Å². The van der Waals surface area contributed by atoms with Crippen LogP contribution in [-0.4, -0.2) is 5.11 Å². The fourth-order valence-corrected chi connectivity index (χ4v) is 2.28. The van der Waals surface area contributed by atoms with Crippen molar-refractivity contribution in [3.8, 4) is 11.5 Å². The van der Waals surface area contributed by atoms with Crippen LogP contribution in [0.1, 0.15) is 18.6 Å². The molecule has 0 aliphatic rings. The number of hydrogen-bond acceptors (Lipinski definition) is 2. The van der Waals surface area contributed by atoms with Crippen LogP contribution in [0.5, 0.6) is 11.5 Å². The summed E-state index contributed by atoms with van der Waals surface area (Å²) >= 11 is 3.29. The number of rotatable bonds is 3. The first kappa shape index (κ1) is 14.0. The number of halogens is 3. The smallest absolute Gasteiger partial charge is 0.165 e. The van der Waals surface area contributed by atoms with Gasteiger partial charge in [0.15, 0.2) is 11.6 Å². The number of aliphatic hydroxyl groups is 1. The van der Waals surface area contributed by atoms with Crippen LogP contribution in [0, 0.1) is 11.6 Å². The molecule has 0 radical (unpaired) electrons. The van der Waals surface area contributed by atoms with E-state index in [4.69, 9.17) is 4.74 Å². The Balaban J connectivity index is 2.29. The van der Waals surface area contributed by atoms with Gasteiger partial charge in [-0.15, -0.1) is 0 Å². The van der Waals surface area contributed by atoms with Crippen molar-refractivity contribution in [2.75, 3.05) is 0 Å². The zero-order chi connectivity index (χ0) is 14.0. The van der Waals surface area contributed by atoms with E-state index in [0.29, 0.717) is 15.8 Å². The fraction of sp³-hybridized carbons (Fsp3) is 0.143. The molecular formula is C14H11BrF2O2. The third-order valence-electron chi connectivity index (χ3n) is 2.54. The highest BCUT2D eigenvalue weighted by Crippen LogP contribution is 2.31. The van der Waals surface area contributed by atoms with E-state index in [-0.39, 0.29) is 5.75 Å². The van der Waals surface area contributed by atoms with Crippen molar-refractivity contribution >= 4 is 15.9 Å². The van der Waals surface area contributed by atoms with Crippen LogP contribution in [0.3, 0.4) is 0 Å². The third kappa shape index (κ3) is 3.30. The Morgan fingerprint density at radius 1 is 1.16 bits per heavy atom. The molecule has 0 bridgehead atoms. The molecule has 0 aliphatic carbocycles. The second kappa shape index (κ2) is 5.67. The van der Waals surface area contributed by atoms with Gasteiger partial charge in [0.1, 0.15) is 11.6 Å². The molecule has 0 saturated heterocycles. The lowest BCUT2D eigenvalue weighted by molar-refractivity contribution is 0.198. The molecule has 2 nitrogen and oxygen atoms in total. The van der Waals surface area contributed by atoms with Gasteiger partial charge < -0.3 is 9.84 Å². The Morgan fingerprint density at radius 2 is 1.89 bits per heavy atom. The maximum atomic E-state index is 13.4. The van der Waals surface area contributed by atoms with Crippen molar-refractivity contribution in [2.45, 2.75) is 13.0 Å². The van der Waals surface area contributed by atoms with E-state index in [9.17, 15) is 13.9 Å². The minimum absolute atomic E-state index is 0.184. The first-order valence-electron chi connectivity index (χ1n) is 5.58. The summed E-state index contributed by atoms with van der Waals surface area (Å²) in [6.07, 6.45) is -0.630. The van der Waals surface area contributed by atoms with Gasteiger partial charge >= 0.3 is 0 Å². The first-order valence-corrected chi connectivity index (χ1v) is 6.37. The van der Waals surface area contributed by atoms with Gasteiger partial charge in [-0.2, -0.15) is 0 Å². The van der Waals surface area contributed by atoms with E-state index in [1.807, 2.05) is 0 Å². The predicted octanol–water partition coefficient (Wildman–Crippen LogP) is 4.57. The molecule has 0 spiro atoms.